The molecule has 0 unspecified atom stereocenters. The van der Waals surface area contributed by atoms with E-state index in [1.807, 2.05) is 48.5 Å². The summed E-state index contributed by atoms with van der Waals surface area (Å²) in [4.78, 5) is 11.7. The van der Waals surface area contributed by atoms with Gasteiger partial charge in [0.15, 0.2) is 11.2 Å². The Kier molecular flexibility index (Phi) is 6.74. The van der Waals surface area contributed by atoms with Crippen molar-refractivity contribution in [1.82, 2.24) is 9.97 Å². The quantitative estimate of drug-likeness (QED) is 0.167. The fourth-order valence-corrected chi connectivity index (χ4v) is 6.87. The topological polar surface area (TPSA) is 55.3 Å². The van der Waals surface area contributed by atoms with Crippen molar-refractivity contribution < 1.29 is 8.83 Å². The molecule has 51 heavy (non-hydrogen) atoms. The van der Waals surface area contributed by atoms with Gasteiger partial charge >= 0.3 is 0 Å². The Hall–Kier alpha value is -6.98. The van der Waals surface area contributed by atoms with Gasteiger partial charge in [-0.1, -0.05) is 78.9 Å². The van der Waals surface area contributed by atoms with Gasteiger partial charge in [-0.2, -0.15) is 0 Å². The third-order valence-electron chi connectivity index (χ3n) is 9.50. The molecular weight excluding hydrogens is 627 g/mol. The Morgan fingerprint density at radius 3 is 1.29 bits per heavy atom. The van der Waals surface area contributed by atoms with E-state index in [0.717, 1.165) is 61.5 Å². The van der Waals surface area contributed by atoms with Gasteiger partial charge in [0.2, 0.25) is 11.8 Å². The number of oxazole rings is 2. The summed E-state index contributed by atoms with van der Waals surface area (Å²) >= 11 is 0. The minimum absolute atomic E-state index is 0.610. The molecule has 10 rings (SSSR count). The van der Waals surface area contributed by atoms with Crippen LogP contribution in [0.25, 0.3) is 77.8 Å². The molecule has 0 amide bonds. The highest BCUT2D eigenvalue weighted by atomic mass is 16.4. The molecule has 0 radical (unpaired) electrons. The molecule has 2 heterocycles. The molecule has 8 aromatic carbocycles. The van der Waals surface area contributed by atoms with E-state index < -0.39 is 0 Å². The average Bonchev–Trinajstić information content (AvgIpc) is 3.83. The van der Waals surface area contributed by atoms with E-state index in [1.54, 1.807) is 0 Å². The van der Waals surface area contributed by atoms with Crippen LogP contribution < -0.4 is 4.90 Å². The lowest BCUT2D eigenvalue weighted by Gasteiger charge is -2.26. The number of para-hydroxylation sites is 4. The van der Waals surface area contributed by atoms with E-state index >= 15 is 0 Å². The van der Waals surface area contributed by atoms with Crippen molar-refractivity contribution in [3.63, 3.8) is 0 Å². The molecule has 5 heteroatoms. The van der Waals surface area contributed by atoms with E-state index in [1.165, 1.54) is 21.5 Å². The lowest BCUT2D eigenvalue weighted by molar-refractivity contribution is 0.619. The maximum absolute atomic E-state index is 6.08. The minimum Gasteiger partial charge on any atom is -0.436 e. The second-order valence-corrected chi connectivity index (χ2v) is 12.7. The summed E-state index contributed by atoms with van der Waals surface area (Å²) in [6.07, 6.45) is 0. The van der Waals surface area contributed by atoms with Crippen LogP contribution in [0, 0.1) is 0 Å². The molecule has 0 aliphatic heterocycles. The summed E-state index contributed by atoms with van der Waals surface area (Å²) in [7, 11) is 0. The van der Waals surface area contributed by atoms with E-state index in [4.69, 9.17) is 13.8 Å². The highest BCUT2D eigenvalue weighted by Crippen LogP contribution is 2.39. The largest absolute Gasteiger partial charge is 0.436 e. The highest BCUT2D eigenvalue weighted by Gasteiger charge is 2.16. The van der Waals surface area contributed by atoms with Crippen molar-refractivity contribution in [2.45, 2.75) is 0 Å². The molecule has 0 N–H and O–H groups in total. The van der Waals surface area contributed by atoms with Crippen molar-refractivity contribution in [2.75, 3.05) is 4.90 Å². The Morgan fingerprint density at radius 2 is 0.745 bits per heavy atom. The number of benzene rings is 8. The number of rotatable bonds is 6. The second-order valence-electron chi connectivity index (χ2n) is 12.7. The van der Waals surface area contributed by atoms with Gasteiger partial charge in [-0.3, -0.25) is 0 Å². The normalized spacial score (nSPS) is 11.5. The van der Waals surface area contributed by atoms with Crippen LogP contribution in [0.5, 0.6) is 0 Å². The van der Waals surface area contributed by atoms with E-state index in [0.29, 0.717) is 11.8 Å². The third kappa shape index (κ3) is 5.29. The van der Waals surface area contributed by atoms with Crippen molar-refractivity contribution in [1.29, 1.82) is 0 Å². The van der Waals surface area contributed by atoms with Gasteiger partial charge in [-0.15, -0.1) is 0 Å². The first-order chi connectivity index (χ1) is 25.2. The van der Waals surface area contributed by atoms with Crippen molar-refractivity contribution in [3.8, 4) is 34.0 Å². The lowest BCUT2D eigenvalue weighted by Crippen LogP contribution is -2.09. The van der Waals surface area contributed by atoms with Crippen LogP contribution in [-0.2, 0) is 0 Å². The van der Waals surface area contributed by atoms with Gasteiger partial charge in [0, 0.05) is 28.2 Å². The number of nitrogens with zero attached hydrogens (tertiary/aromatic N) is 3. The molecule has 0 aliphatic rings. The summed E-state index contributed by atoms with van der Waals surface area (Å²) in [5.41, 5.74) is 10.6. The molecule has 0 fully saturated rings. The lowest BCUT2D eigenvalue weighted by atomic mass is 10.0. The van der Waals surface area contributed by atoms with Gasteiger partial charge in [0.05, 0.1) is 0 Å². The van der Waals surface area contributed by atoms with Crippen molar-refractivity contribution >= 4 is 60.8 Å². The highest BCUT2D eigenvalue weighted by molar-refractivity contribution is 6.00. The zero-order valence-corrected chi connectivity index (χ0v) is 27.4. The predicted octanol–water partition coefficient (Wildman–Crippen LogP) is 12.7. The number of aromatic nitrogens is 2. The van der Waals surface area contributed by atoms with Gasteiger partial charge < -0.3 is 13.7 Å². The standard InChI is InChI=1S/C46H29N3O2/c1-2-8-35-28-37-29-40(26-21-36(37)27-34(35)7-1)49(39-24-19-33(20-25-39)46-48-42-10-4-6-12-44(42)51-46)38-22-17-31(18-23-38)30-13-15-32(16-14-30)45-47-41-9-3-5-11-43(41)50-45/h1-29H. The maximum atomic E-state index is 6.08. The monoisotopic (exact) mass is 655 g/mol. The molecule has 10 aromatic rings. The number of anilines is 3. The van der Waals surface area contributed by atoms with Crippen molar-refractivity contribution in [3.05, 3.63) is 176 Å². The van der Waals surface area contributed by atoms with E-state index in [2.05, 4.69) is 137 Å². The van der Waals surface area contributed by atoms with Crippen LogP contribution in [0.1, 0.15) is 0 Å². The van der Waals surface area contributed by atoms with Crippen LogP contribution in [0.3, 0.4) is 0 Å². The van der Waals surface area contributed by atoms with Crippen molar-refractivity contribution in [2.24, 2.45) is 0 Å². The average molecular weight is 656 g/mol. The fraction of sp³-hybridized carbons (Fsp3) is 0. The maximum Gasteiger partial charge on any atom is 0.227 e. The minimum atomic E-state index is 0.610. The molecule has 2 aromatic heterocycles. The molecule has 5 nitrogen and oxygen atoms in total. The molecule has 240 valence electrons. The number of fused-ring (bicyclic) bond motifs is 4. The van der Waals surface area contributed by atoms with Crippen LogP contribution in [0.4, 0.5) is 17.1 Å². The summed E-state index contributed by atoms with van der Waals surface area (Å²) < 4.78 is 12.1. The molecule has 0 bridgehead atoms. The molecule has 0 atom stereocenters. The van der Waals surface area contributed by atoms with E-state index in [-0.39, 0.29) is 0 Å². The Morgan fingerprint density at radius 1 is 0.333 bits per heavy atom. The first kappa shape index (κ1) is 29.0. The van der Waals surface area contributed by atoms with Gasteiger partial charge in [0.25, 0.3) is 0 Å². The Labute approximate surface area is 293 Å². The summed E-state index contributed by atoms with van der Waals surface area (Å²) in [5.74, 6) is 1.23. The summed E-state index contributed by atoms with van der Waals surface area (Å²) in [6, 6.07) is 60.9. The zero-order chi connectivity index (χ0) is 33.7. The predicted molar refractivity (Wildman–Crippen MR) is 208 cm³/mol. The third-order valence-corrected chi connectivity index (χ3v) is 9.50. The summed E-state index contributed by atoms with van der Waals surface area (Å²) in [6.45, 7) is 0. The molecule has 0 spiro atoms. The Bertz CT molecular complexity index is 2780. The van der Waals surface area contributed by atoms with Gasteiger partial charge in [-0.25, -0.2) is 9.97 Å². The Balaban J connectivity index is 1.01. The van der Waals surface area contributed by atoms with Crippen LogP contribution in [0.15, 0.2) is 185 Å². The van der Waals surface area contributed by atoms with E-state index in [9.17, 15) is 0 Å². The zero-order valence-electron chi connectivity index (χ0n) is 27.4. The molecule has 0 saturated carbocycles. The van der Waals surface area contributed by atoms with Gasteiger partial charge in [-0.05, 0) is 130 Å². The van der Waals surface area contributed by atoms with Crippen LogP contribution >= 0.6 is 0 Å². The number of hydrogen-bond acceptors (Lipinski definition) is 5. The summed E-state index contributed by atoms with van der Waals surface area (Å²) in [5, 5.41) is 4.86. The fourth-order valence-electron chi connectivity index (χ4n) is 6.87. The molecular formula is C46H29N3O2. The first-order valence-electron chi connectivity index (χ1n) is 17.0. The van der Waals surface area contributed by atoms with Crippen LogP contribution in [-0.4, -0.2) is 9.97 Å². The number of hydrogen-bond donors (Lipinski definition) is 0. The molecule has 0 aliphatic carbocycles. The molecule has 0 saturated heterocycles. The smallest absolute Gasteiger partial charge is 0.227 e. The van der Waals surface area contributed by atoms with Crippen LogP contribution in [0.2, 0.25) is 0 Å². The second kappa shape index (κ2) is 11.9. The van der Waals surface area contributed by atoms with Gasteiger partial charge in [0.1, 0.15) is 11.0 Å². The first-order valence-corrected chi connectivity index (χ1v) is 17.0. The SMILES string of the molecule is c1ccc2cc3cc(N(c4ccc(-c5ccc(-c6nc7ccccc7o6)cc5)cc4)c4ccc(-c5nc6ccccc6o5)cc4)ccc3cc2c1.